The van der Waals surface area contributed by atoms with Crippen LogP contribution in [0.3, 0.4) is 0 Å². The van der Waals surface area contributed by atoms with Gasteiger partial charge in [-0.1, -0.05) is 17.7 Å². The van der Waals surface area contributed by atoms with Gasteiger partial charge in [0.15, 0.2) is 17.4 Å². The van der Waals surface area contributed by atoms with Gasteiger partial charge in [0.25, 0.3) is 5.91 Å². The van der Waals surface area contributed by atoms with Crippen molar-refractivity contribution in [3.63, 3.8) is 0 Å². The van der Waals surface area contributed by atoms with Crippen molar-refractivity contribution in [2.24, 2.45) is 0 Å². The van der Waals surface area contributed by atoms with Gasteiger partial charge in [0.05, 0.1) is 10.6 Å². The number of amides is 1. The second kappa shape index (κ2) is 6.13. The fraction of sp³-hybridized carbons (Fsp3) is 0.176. The van der Waals surface area contributed by atoms with E-state index in [0.717, 1.165) is 5.76 Å². The van der Waals surface area contributed by atoms with Crippen LogP contribution in [0.2, 0.25) is 5.02 Å². The van der Waals surface area contributed by atoms with Crippen LogP contribution >= 0.6 is 11.6 Å². The molecule has 124 valence electrons. The van der Waals surface area contributed by atoms with E-state index in [0.29, 0.717) is 28.4 Å². The lowest BCUT2D eigenvalue weighted by Gasteiger charge is -2.07. The van der Waals surface area contributed by atoms with Crippen molar-refractivity contribution < 1.29 is 13.6 Å². The van der Waals surface area contributed by atoms with E-state index < -0.39 is 11.7 Å². The minimum Gasteiger partial charge on any atom is -0.460 e. The Morgan fingerprint density at radius 1 is 1.25 bits per heavy atom. The van der Waals surface area contributed by atoms with Crippen LogP contribution < -0.4 is 5.32 Å². The Kier molecular flexibility index (Phi) is 4.15. The van der Waals surface area contributed by atoms with Crippen LogP contribution in [0.15, 0.2) is 28.7 Å². The van der Waals surface area contributed by atoms with Crippen LogP contribution in [0, 0.1) is 26.6 Å². The van der Waals surface area contributed by atoms with Crippen molar-refractivity contribution in [2.45, 2.75) is 20.8 Å². The molecule has 0 radical (unpaired) electrons. The molecule has 1 amide bonds. The van der Waals surface area contributed by atoms with Gasteiger partial charge in [-0.15, -0.1) is 0 Å². The number of nitrogens with one attached hydrogen (secondary N) is 2. The number of rotatable bonds is 3. The first-order valence-electron chi connectivity index (χ1n) is 7.26. The quantitative estimate of drug-likeness (QED) is 0.725. The molecule has 5 nitrogen and oxygen atoms in total. The first-order chi connectivity index (χ1) is 11.4. The molecule has 0 aliphatic carbocycles. The number of benzene rings is 1. The molecule has 0 bridgehead atoms. The third-order valence-corrected chi connectivity index (χ3v) is 4.21. The number of halogens is 2. The van der Waals surface area contributed by atoms with Crippen molar-refractivity contribution in [1.29, 1.82) is 0 Å². The molecule has 0 saturated heterocycles. The molecule has 2 N–H and O–H groups in total. The van der Waals surface area contributed by atoms with Gasteiger partial charge in [-0.3, -0.25) is 9.89 Å². The highest BCUT2D eigenvalue weighted by molar-refractivity contribution is 6.32. The van der Waals surface area contributed by atoms with E-state index in [-0.39, 0.29) is 10.6 Å². The molecule has 0 aliphatic heterocycles. The lowest BCUT2D eigenvalue weighted by molar-refractivity contribution is 0.102. The molecule has 0 spiro atoms. The van der Waals surface area contributed by atoms with Gasteiger partial charge >= 0.3 is 0 Å². The summed E-state index contributed by atoms with van der Waals surface area (Å²) in [6.45, 7) is 5.29. The van der Waals surface area contributed by atoms with E-state index in [4.69, 9.17) is 16.0 Å². The third-order valence-electron chi connectivity index (χ3n) is 3.75. The summed E-state index contributed by atoms with van der Waals surface area (Å²) in [5, 5.41) is 9.41. The van der Waals surface area contributed by atoms with Gasteiger partial charge in [0.1, 0.15) is 11.5 Å². The van der Waals surface area contributed by atoms with Crippen molar-refractivity contribution >= 4 is 23.3 Å². The highest BCUT2D eigenvalue weighted by Gasteiger charge is 2.19. The number of furan rings is 1. The molecule has 3 rings (SSSR count). The fourth-order valence-corrected chi connectivity index (χ4v) is 2.49. The standard InChI is InChI=1S/C17H15ClFN3O2/c1-8-4-6-11(14(19)13(8)18)17(23)20-16-10(3)15(21-22-16)12-7-5-9(2)24-12/h4-7H,1-3H3,(H2,20,21,22,23). The number of carbonyl (C=O) groups is 1. The molecule has 0 fully saturated rings. The summed E-state index contributed by atoms with van der Waals surface area (Å²) in [5.74, 6) is 0.319. The minimum absolute atomic E-state index is 0.0619. The number of carbonyl (C=O) groups excluding carboxylic acids is 1. The molecule has 2 aromatic heterocycles. The SMILES string of the molecule is Cc1ccc(-c2[nH]nc(NC(=O)c3ccc(C)c(Cl)c3F)c2C)o1. The Morgan fingerprint density at radius 2 is 2.00 bits per heavy atom. The van der Waals surface area contributed by atoms with Gasteiger partial charge in [0, 0.05) is 5.56 Å². The van der Waals surface area contributed by atoms with E-state index in [1.807, 2.05) is 13.0 Å². The summed E-state index contributed by atoms with van der Waals surface area (Å²) in [6.07, 6.45) is 0. The van der Waals surface area contributed by atoms with E-state index in [9.17, 15) is 9.18 Å². The fourth-order valence-electron chi connectivity index (χ4n) is 2.32. The molecule has 0 atom stereocenters. The number of nitrogens with zero attached hydrogens (tertiary/aromatic N) is 1. The Balaban J connectivity index is 1.88. The number of hydrogen-bond donors (Lipinski definition) is 2. The summed E-state index contributed by atoms with van der Waals surface area (Å²) in [7, 11) is 0. The Labute approximate surface area is 142 Å². The monoisotopic (exact) mass is 347 g/mol. The highest BCUT2D eigenvalue weighted by atomic mass is 35.5. The van der Waals surface area contributed by atoms with Crippen molar-refractivity contribution in [2.75, 3.05) is 5.32 Å². The molecule has 0 aliphatic rings. The van der Waals surface area contributed by atoms with Gasteiger partial charge in [0.2, 0.25) is 0 Å². The first kappa shape index (κ1) is 16.3. The van der Waals surface area contributed by atoms with Crippen LogP contribution in [0.1, 0.15) is 27.2 Å². The van der Waals surface area contributed by atoms with E-state index in [1.165, 1.54) is 6.07 Å². The predicted molar refractivity (Wildman–Crippen MR) is 89.9 cm³/mol. The Morgan fingerprint density at radius 3 is 2.67 bits per heavy atom. The van der Waals surface area contributed by atoms with E-state index in [2.05, 4.69) is 15.5 Å². The van der Waals surface area contributed by atoms with Crippen molar-refractivity contribution in [3.8, 4) is 11.5 Å². The zero-order valence-electron chi connectivity index (χ0n) is 13.3. The summed E-state index contributed by atoms with van der Waals surface area (Å²) in [6, 6.07) is 6.62. The third kappa shape index (κ3) is 2.80. The maximum Gasteiger partial charge on any atom is 0.259 e. The van der Waals surface area contributed by atoms with Crippen molar-refractivity contribution in [1.82, 2.24) is 10.2 Å². The average Bonchev–Trinajstić information content (AvgIpc) is 3.11. The lowest BCUT2D eigenvalue weighted by Crippen LogP contribution is -2.15. The Bertz CT molecular complexity index is 930. The largest absolute Gasteiger partial charge is 0.460 e. The van der Waals surface area contributed by atoms with Crippen LogP contribution in [0.4, 0.5) is 10.2 Å². The second-order valence-electron chi connectivity index (χ2n) is 5.49. The summed E-state index contributed by atoms with van der Waals surface area (Å²) >= 11 is 5.86. The second-order valence-corrected chi connectivity index (χ2v) is 5.87. The molecule has 24 heavy (non-hydrogen) atoms. The molecule has 1 aromatic carbocycles. The molecular formula is C17H15ClFN3O2. The van der Waals surface area contributed by atoms with Gasteiger partial charge in [-0.25, -0.2) is 4.39 Å². The molecule has 7 heteroatoms. The molecule has 0 saturated carbocycles. The average molecular weight is 348 g/mol. The van der Waals surface area contributed by atoms with Crippen LogP contribution in [-0.2, 0) is 0 Å². The van der Waals surface area contributed by atoms with Crippen LogP contribution in [0.5, 0.6) is 0 Å². The van der Waals surface area contributed by atoms with Crippen LogP contribution in [0.25, 0.3) is 11.5 Å². The zero-order valence-corrected chi connectivity index (χ0v) is 14.1. The number of aromatic nitrogens is 2. The van der Waals surface area contributed by atoms with Gasteiger partial charge < -0.3 is 9.73 Å². The number of H-pyrrole nitrogens is 1. The van der Waals surface area contributed by atoms with Gasteiger partial charge in [-0.05, 0) is 44.5 Å². The normalized spacial score (nSPS) is 10.9. The summed E-state index contributed by atoms with van der Waals surface area (Å²) < 4.78 is 19.7. The molecular weight excluding hydrogens is 333 g/mol. The predicted octanol–water partition coefficient (Wildman–Crippen LogP) is 4.64. The minimum atomic E-state index is -0.746. The highest BCUT2D eigenvalue weighted by Crippen LogP contribution is 2.28. The maximum atomic E-state index is 14.2. The number of hydrogen-bond acceptors (Lipinski definition) is 3. The number of aromatic amines is 1. The van der Waals surface area contributed by atoms with Crippen LogP contribution in [-0.4, -0.2) is 16.1 Å². The number of anilines is 1. The lowest BCUT2D eigenvalue weighted by atomic mass is 10.1. The topological polar surface area (TPSA) is 70.9 Å². The number of aryl methyl sites for hydroxylation is 2. The zero-order chi connectivity index (χ0) is 17.4. The Hall–Kier alpha value is -2.60. The maximum absolute atomic E-state index is 14.2. The van der Waals surface area contributed by atoms with Crippen molar-refractivity contribution in [3.05, 3.63) is 57.6 Å². The smallest absolute Gasteiger partial charge is 0.259 e. The molecule has 3 aromatic rings. The molecule has 0 unspecified atom stereocenters. The summed E-state index contributed by atoms with van der Waals surface area (Å²) in [4.78, 5) is 12.3. The first-order valence-corrected chi connectivity index (χ1v) is 7.64. The summed E-state index contributed by atoms with van der Waals surface area (Å²) in [5.41, 5.74) is 1.78. The van der Waals surface area contributed by atoms with E-state index >= 15 is 0 Å². The molecule has 2 heterocycles. The van der Waals surface area contributed by atoms with Gasteiger partial charge in [-0.2, -0.15) is 5.10 Å². The van der Waals surface area contributed by atoms with E-state index in [1.54, 1.807) is 26.0 Å².